The van der Waals surface area contributed by atoms with Gasteiger partial charge in [-0.05, 0) is 65.9 Å². The molecule has 0 saturated carbocycles. The Morgan fingerprint density at radius 1 is 1.12 bits per heavy atom. The Balaban J connectivity index is 1.82. The molecule has 2 heteroatoms. The minimum Gasteiger partial charge on any atom is -0.312 e. The third kappa shape index (κ3) is 3.42. The van der Waals surface area contributed by atoms with E-state index >= 15 is 0 Å². The van der Waals surface area contributed by atoms with Crippen LogP contribution in [0, 0.1) is 13.8 Å². The third-order valence-corrected chi connectivity index (χ3v) is 3.85. The maximum atomic E-state index is 3.53. The summed E-state index contributed by atoms with van der Waals surface area (Å²) in [6.07, 6.45) is 1.12. The van der Waals surface area contributed by atoms with Gasteiger partial charge in [-0.1, -0.05) is 18.2 Å². The molecule has 1 nitrogen and oxygen atoms in total. The molecular weight excluding hydrogens is 226 g/mol. The van der Waals surface area contributed by atoms with Crippen molar-refractivity contribution in [3.63, 3.8) is 0 Å². The molecule has 1 aromatic heterocycles. The van der Waals surface area contributed by atoms with Crippen LogP contribution < -0.4 is 5.32 Å². The average molecular weight is 245 g/mol. The highest BCUT2D eigenvalue weighted by Gasteiger charge is 2.01. The van der Waals surface area contributed by atoms with E-state index in [1.165, 1.54) is 22.3 Å². The predicted octanol–water partition coefficient (Wildman–Crippen LogP) is 3.70. The molecule has 0 radical (unpaired) electrons. The van der Waals surface area contributed by atoms with Crippen LogP contribution in [0.15, 0.2) is 35.0 Å². The lowest BCUT2D eigenvalue weighted by Gasteiger charge is -2.10. The van der Waals surface area contributed by atoms with Crippen LogP contribution in [-0.2, 0) is 13.0 Å². The van der Waals surface area contributed by atoms with Crippen molar-refractivity contribution in [1.29, 1.82) is 0 Å². The lowest BCUT2D eigenvalue weighted by Crippen LogP contribution is -2.17. The minimum atomic E-state index is 0.975. The molecule has 17 heavy (non-hydrogen) atoms. The monoisotopic (exact) mass is 245 g/mol. The average Bonchev–Trinajstić information content (AvgIpc) is 2.80. The first kappa shape index (κ1) is 12.3. The fourth-order valence-electron chi connectivity index (χ4n) is 2.01. The molecule has 0 aliphatic rings. The van der Waals surface area contributed by atoms with E-state index in [2.05, 4.69) is 54.2 Å². The molecule has 0 aliphatic heterocycles. The van der Waals surface area contributed by atoms with Crippen LogP contribution in [0.2, 0.25) is 0 Å². The molecule has 2 aromatic rings. The van der Waals surface area contributed by atoms with Crippen molar-refractivity contribution < 1.29 is 0 Å². The molecule has 0 aliphatic carbocycles. The van der Waals surface area contributed by atoms with Gasteiger partial charge in [-0.15, -0.1) is 0 Å². The summed E-state index contributed by atoms with van der Waals surface area (Å²) < 4.78 is 0. The van der Waals surface area contributed by atoms with Crippen LogP contribution in [0.5, 0.6) is 0 Å². The Morgan fingerprint density at radius 3 is 2.53 bits per heavy atom. The number of hydrogen-bond donors (Lipinski definition) is 1. The van der Waals surface area contributed by atoms with Gasteiger partial charge in [0.05, 0.1) is 0 Å². The number of aryl methyl sites for hydroxylation is 2. The van der Waals surface area contributed by atoms with Gasteiger partial charge >= 0.3 is 0 Å². The lowest BCUT2D eigenvalue weighted by atomic mass is 10.0. The van der Waals surface area contributed by atoms with Crippen molar-refractivity contribution in [3.05, 3.63) is 57.3 Å². The Morgan fingerprint density at radius 2 is 1.88 bits per heavy atom. The summed E-state index contributed by atoms with van der Waals surface area (Å²) in [5, 5.41) is 7.89. The summed E-state index contributed by atoms with van der Waals surface area (Å²) >= 11 is 1.77. The standard InChI is InChI=1S/C15H19NS/c1-12-4-3-5-13(2)15(12)10-16-8-6-14-7-9-17-11-14/h3-5,7,9,11,16H,6,8,10H2,1-2H3. The minimum absolute atomic E-state index is 0.975. The molecule has 1 heterocycles. The van der Waals surface area contributed by atoms with E-state index in [1.807, 2.05) is 0 Å². The van der Waals surface area contributed by atoms with E-state index < -0.39 is 0 Å². The van der Waals surface area contributed by atoms with Crippen LogP contribution >= 0.6 is 11.3 Å². The molecule has 90 valence electrons. The van der Waals surface area contributed by atoms with Gasteiger partial charge < -0.3 is 5.32 Å². The van der Waals surface area contributed by atoms with Crippen molar-refractivity contribution in [2.24, 2.45) is 0 Å². The first-order valence-corrected chi connectivity index (χ1v) is 6.98. The Labute approximate surface area is 108 Å². The van der Waals surface area contributed by atoms with Crippen molar-refractivity contribution in [2.45, 2.75) is 26.8 Å². The van der Waals surface area contributed by atoms with Crippen molar-refractivity contribution >= 4 is 11.3 Å². The van der Waals surface area contributed by atoms with Gasteiger partial charge in [0.25, 0.3) is 0 Å². The van der Waals surface area contributed by atoms with E-state index in [0.29, 0.717) is 0 Å². The second-order valence-corrected chi connectivity index (χ2v) is 5.21. The van der Waals surface area contributed by atoms with Gasteiger partial charge in [-0.2, -0.15) is 11.3 Å². The van der Waals surface area contributed by atoms with E-state index in [-0.39, 0.29) is 0 Å². The smallest absolute Gasteiger partial charge is 0.0210 e. The van der Waals surface area contributed by atoms with Gasteiger partial charge in [0, 0.05) is 6.54 Å². The van der Waals surface area contributed by atoms with Crippen molar-refractivity contribution in [2.75, 3.05) is 6.54 Å². The molecule has 0 atom stereocenters. The normalized spacial score (nSPS) is 10.7. The fourth-order valence-corrected chi connectivity index (χ4v) is 2.71. The highest BCUT2D eigenvalue weighted by Crippen LogP contribution is 2.12. The number of thiophene rings is 1. The second-order valence-electron chi connectivity index (χ2n) is 4.43. The SMILES string of the molecule is Cc1cccc(C)c1CNCCc1ccsc1. The van der Waals surface area contributed by atoms with Gasteiger partial charge in [0.1, 0.15) is 0 Å². The van der Waals surface area contributed by atoms with Crippen molar-refractivity contribution in [1.82, 2.24) is 5.32 Å². The molecule has 0 bridgehead atoms. The van der Waals surface area contributed by atoms with Gasteiger partial charge in [0.15, 0.2) is 0 Å². The first-order valence-electron chi connectivity index (χ1n) is 6.04. The molecule has 0 fully saturated rings. The molecule has 1 N–H and O–H groups in total. The Bertz CT molecular complexity index is 440. The summed E-state index contributed by atoms with van der Waals surface area (Å²) in [5.41, 5.74) is 5.64. The van der Waals surface area contributed by atoms with E-state index in [4.69, 9.17) is 0 Å². The highest BCUT2D eigenvalue weighted by atomic mass is 32.1. The highest BCUT2D eigenvalue weighted by molar-refractivity contribution is 7.07. The maximum Gasteiger partial charge on any atom is 0.0210 e. The van der Waals surface area contributed by atoms with Crippen LogP contribution in [0.4, 0.5) is 0 Å². The van der Waals surface area contributed by atoms with Crippen LogP contribution in [0.3, 0.4) is 0 Å². The van der Waals surface area contributed by atoms with E-state index in [1.54, 1.807) is 11.3 Å². The van der Waals surface area contributed by atoms with Gasteiger partial charge in [0.2, 0.25) is 0 Å². The van der Waals surface area contributed by atoms with Gasteiger partial charge in [-0.25, -0.2) is 0 Å². The van der Waals surface area contributed by atoms with E-state index in [9.17, 15) is 0 Å². The largest absolute Gasteiger partial charge is 0.312 e. The molecule has 1 aromatic carbocycles. The Kier molecular flexibility index (Phi) is 4.35. The summed E-state index contributed by atoms with van der Waals surface area (Å²) in [6.45, 7) is 6.39. The van der Waals surface area contributed by atoms with Gasteiger partial charge in [-0.3, -0.25) is 0 Å². The van der Waals surface area contributed by atoms with E-state index in [0.717, 1.165) is 19.5 Å². The zero-order chi connectivity index (χ0) is 12.1. The summed E-state index contributed by atoms with van der Waals surface area (Å²) in [6, 6.07) is 8.69. The molecule has 0 unspecified atom stereocenters. The number of rotatable bonds is 5. The van der Waals surface area contributed by atoms with Crippen molar-refractivity contribution in [3.8, 4) is 0 Å². The van der Waals surface area contributed by atoms with Crippen LogP contribution in [0.25, 0.3) is 0 Å². The molecule has 0 saturated heterocycles. The molecule has 0 amide bonds. The number of nitrogens with one attached hydrogen (secondary N) is 1. The predicted molar refractivity (Wildman–Crippen MR) is 75.6 cm³/mol. The summed E-state index contributed by atoms with van der Waals surface area (Å²) in [5.74, 6) is 0. The topological polar surface area (TPSA) is 12.0 Å². The summed E-state index contributed by atoms with van der Waals surface area (Å²) in [7, 11) is 0. The molecule has 0 spiro atoms. The fraction of sp³-hybridized carbons (Fsp3) is 0.333. The molecular formula is C15H19NS. The zero-order valence-electron chi connectivity index (χ0n) is 10.5. The summed E-state index contributed by atoms with van der Waals surface area (Å²) in [4.78, 5) is 0. The maximum absolute atomic E-state index is 3.53. The quantitative estimate of drug-likeness (QED) is 0.792. The lowest BCUT2D eigenvalue weighted by molar-refractivity contribution is 0.683. The van der Waals surface area contributed by atoms with Crippen LogP contribution in [-0.4, -0.2) is 6.54 Å². The zero-order valence-corrected chi connectivity index (χ0v) is 11.3. The number of hydrogen-bond acceptors (Lipinski definition) is 2. The number of benzene rings is 1. The Hall–Kier alpha value is -1.12. The second kappa shape index (κ2) is 5.99. The first-order chi connectivity index (χ1) is 8.27. The molecule has 2 rings (SSSR count). The third-order valence-electron chi connectivity index (χ3n) is 3.12. The van der Waals surface area contributed by atoms with Crippen LogP contribution in [0.1, 0.15) is 22.3 Å².